The number of carbonyl (C=O) groups is 1. The van der Waals surface area contributed by atoms with Gasteiger partial charge in [-0.05, 0) is 46.3 Å². The van der Waals surface area contributed by atoms with Crippen LogP contribution in [0.5, 0.6) is 0 Å². The number of carbonyl (C=O) groups excluding carboxylic acids is 1. The van der Waals surface area contributed by atoms with Crippen LogP contribution in [0.4, 0.5) is 0 Å². The molecule has 9 heteroatoms. The lowest BCUT2D eigenvalue weighted by Gasteiger charge is -2.25. The number of nitrogens with one attached hydrogen (secondary N) is 2. The third kappa shape index (κ3) is 5.76. The summed E-state index contributed by atoms with van der Waals surface area (Å²) >= 11 is 3.10. The second-order valence-corrected chi connectivity index (χ2v) is 8.51. The van der Waals surface area contributed by atoms with Crippen LogP contribution in [0.25, 0.3) is 0 Å². The molecule has 0 bridgehead atoms. The van der Waals surface area contributed by atoms with Crippen molar-refractivity contribution in [1.82, 2.24) is 20.5 Å². The number of rotatable bonds is 8. The molecule has 154 valence electrons. The van der Waals surface area contributed by atoms with Gasteiger partial charge in [0.05, 0.1) is 24.4 Å². The minimum Gasteiger partial charge on any atom is -0.462 e. The summed E-state index contributed by atoms with van der Waals surface area (Å²) in [6, 6.07) is 4.38. The Balaban J connectivity index is 2.00. The highest BCUT2D eigenvalue weighted by Gasteiger charge is 2.21. The van der Waals surface area contributed by atoms with Crippen LogP contribution in [-0.2, 0) is 4.74 Å². The molecule has 2 unspecified atom stereocenters. The molecule has 0 aliphatic carbocycles. The van der Waals surface area contributed by atoms with E-state index in [1.165, 1.54) is 16.2 Å². The van der Waals surface area contributed by atoms with Crippen molar-refractivity contribution in [2.45, 2.75) is 32.9 Å². The van der Waals surface area contributed by atoms with Crippen molar-refractivity contribution in [2.24, 2.45) is 4.99 Å². The minimum atomic E-state index is -0.316. The molecule has 28 heavy (non-hydrogen) atoms. The largest absolute Gasteiger partial charge is 0.462 e. The summed E-state index contributed by atoms with van der Waals surface area (Å²) in [5.41, 5.74) is 0.695. The monoisotopic (exact) mass is 423 g/mol. The number of esters is 1. The van der Waals surface area contributed by atoms with Gasteiger partial charge in [0.1, 0.15) is 9.88 Å². The van der Waals surface area contributed by atoms with Crippen molar-refractivity contribution < 1.29 is 9.53 Å². The summed E-state index contributed by atoms with van der Waals surface area (Å²) in [7, 11) is 5.88. The summed E-state index contributed by atoms with van der Waals surface area (Å²) < 4.78 is 5.10. The lowest BCUT2D eigenvalue weighted by Crippen LogP contribution is -2.42. The molecule has 0 aromatic carbocycles. The van der Waals surface area contributed by atoms with E-state index < -0.39 is 0 Å². The fraction of sp³-hybridized carbons (Fsp3) is 0.526. The number of thiophene rings is 1. The molecule has 2 aromatic heterocycles. The van der Waals surface area contributed by atoms with E-state index in [2.05, 4.69) is 57.1 Å². The lowest BCUT2D eigenvalue weighted by molar-refractivity contribution is 0.0531. The van der Waals surface area contributed by atoms with E-state index in [0.29, 0.717) is 23.1 Å². The topological polar surface area (TPSA) is 78.8 Å². The molecule has 7 nitrogen and oxygen atoms in total. The number of thiazole rings is 1. The summed E-state index contributed by atoms with van der Waals surface area (Å²) in [5, 5.41) is 9.66. The number of hydrogen-bond donors (Lipinski definition) is 2. The molecule has 0 radical (unpaired) electrons. The van der Waals surface area contributed by atoms with Crippen molar-refractivity contribution in [1.29, 1.82) is 0 Å². The average Bonchev–Trinajstić information content (AvgIpc) is 3.30. The highest BCUT2D eigenvalue weighted by atomic mass is 32.1. The van der Waals surface area contributed by atoms with Crippen LogP contribution in [0.2, 0.25) is 0 Å². The maximum atomic E-state index is 12.0. The van der Waals surface area contributed by atoms with Gasteiger partial charge >= 0.3 is 5.97 Å². The Morgan fingerprint density at radius 3 is 2.75 bits per heavy atom. The lowest BCUT2D eigenvalue weighted by atomic mass is 10.2. The van der Waals surface area contributed by atoms with E-state index in [0.717, 1.165) is 11.6 Å². The van der Waals surface area contributed by atoms with Gasteiger partial charge in [0, 0.05) is 18.5 Å². The van der Waals surface area contributed by atoms with Gasteiger partial charge in [0.15, 0.2) is 5.96 Å². The first-order valence-electron chi connectivity index (χ1n) is 9.18. The Morgan fingerprint density at radius 2 is 2.18 bits per heavy atom. The SMILES string of the molecule is CCOC(=O)c1sc(C(C)NC(=NC)NCC(c2cccs2)N(C)C)nc1C. The molecule has 0 aliphatic heterocycles. The summed E-state index contributed by atoms with van der Waals surface area (Å²) in [6.45, 7) is 6.71. The van der Waals surface area contributed by atoms with E-state index in [1.807, 2.05) is 13.8 Å². The van der Waals surface area contributed by atoms with Crippen LogP contribution in [0.3, 0.4) is 0 Å². The third-order valence-electron chi connectivity index (χ3n) is 4.18. The normalized spacial score (nSPS) is 14.0. The minimum absolute atomic E-state index is 0.0855. The molecule has 2 atom stereocenters. The Hall–Kier alpha value is -1.97. The maximum absolute atomic E-state index is 12.0. The van der Waals surface area contributed by atoms with Crippen molar-refractivity contribution >= 4 is 34.6 Å². The molecule has 2 heterocycles. The number of likely N-dealkylation sites (N-methyl/N-ethyl adjacent to an activating group) is 1. The van der Waals surface area contributed by atoms with Crippen LogP contribution in [-0.4, -0.2) is 56.1 Å². The van der Waals surface area contributed by atoms with Gasteiger partial charge in [-0.2, -0.15) is 0 Å². The fourth-order valence-corrected chi connectivity index (χ4v) is 4.55. The number of aromatic nitrogens is 1. The predicted molar refractivity (Wildman–Crippen MR) is 116 cm³/mol. The van der Waals surface area contributed by atoms with E-state index in [9.17, 15) is 4.79 Å². The average molecular weight is 424 g/mol. The molecule has 0 saturated carbocycles. The predicted octanol–water partition coefficient (Wildman–Crippen LogP) is 3.22. The Bertz CT molecular complexity index is 786. The number of hydrogen-bond acceptors (Lipinski definition) is 7. The maximum Gasteiger partial charge on any atom is 0.350 e. The van der Waals surface area contributed by atoms with Crippen LogP contribution < -0.4 is 10.6 Å². The Labute approximate surface area is 174 Å². The van der Waals surface area contributed by atoms with E-state index in [4.69, 9.17) is 4.74 Å². The van der Waals surface area contributed by atoms with Crippen molar-refractivity contribution in [2.75, 3.05) is 34.3 Å². The smallest absolute Gasteiger partial charge is 0.350 e. The molecule has 0 spiro atoms. The van der Waals surface area contributed by atoms with Gasteiger partial charge in [-0.3, -0.25) is 4.99 Å². The number of nitrogens with zero attached hydrogens (tertiary/aromatic N) is 3. The number of guanidine groups is 1. The van der Waals surface area contributed by atoms with Crippen LogP contribution in [0.15, 0.2) is 22.5 Å². The summed E-state index contributed by atoms with van der Waals surface area (Å²) in [6.07, 6.45) is 0. The zero-order valence-electron chi connectivity index (χ0n) is 17.3. The second-order valence-electron chi connectivity index (χ2n) is 6.50. The number of aryl methyl sites for hydroxylation is 1. The molecule has 0 fully saturated rings. The van der Waals surface area contributed by atoms with E-state index in [-0.39, 0.29) is 18.1 Å². The van der Waals surface area contributed by atoms with E-state index >= 15 is 0 Å². The van der Waals surface area contributed by atoms with Gasteiger partial charge in [-0.15, -0.1) is 22.7 Å². The zero-order valence-corrected chi connectivity index (χ0v) is 18.9. The Kier molecular flexibility index (Phi) is 8.40. The van der Waals surface area contributed by atoms with Crippen molar-refractivity contribution in [3.8, 4) is 0 Å². The summed E-state index contributed by atoms with van der Waals surface area (Å²) in [4.78, 5) is 24.9. The quantitative estimate of drug-likeness (QED) is 0.386. The van der Waals surface area contributed by atoms with Gasteiger partial charge < -0.3 is 20.3 Å². The third-order valence-corrected chi connectivity index (χ3v) is 6.47. The molecule has 2 N–H and O–H groups in total. The zero-order chi connectivity index (χ0) is 20.7. The first kappa shape index (κ1) is 22.3. The molecule has 0 saturated heterocycles. The van der Waals surface area contributed by atoms with Crippen molar-refractivity contribution in [3.05, 3.63) is 38.0 Å². The molecular formula is C19H29N5O2S2. The number of aliphatic imine (C=N–C) groups is 1. The van der Waals surface area contributed by atoms with E-state index in [1.54, 1.807) is 25.3 Å². The highest BCUT2D eigenvalue weighted by molar-refractivity contribution is 7.13. The van der Waals surface area contributed by atoms with Gasteiger partial charge in [-0.1, -0.05) is 6.07 Å². The van der Waals surface area contributed by atoms with Crippen LogP contribution >= 0.6 is 22.7 Å². The molecular weight excluding hydrogens is 394 g/mol. The van der Waals surface area contributed by atoms with Crippen molar-refractivity contribution in [3.63, 3.8) is 0 Å². The number of ether oxygens (including phenoxy) is 1. The molecule has 0 aliphatic rings. The highest BCUT2D eigenvalue weighted by Crippen LogP contribution is 2.25. The van der Waals surface area contributed by atoms with Gasteiger partial charge in [0.25, 0.3) is 0 Å². The molecule has 2 aromatic rings. The standard InChI is InChI=1S/C19H29N5O2S2/c1-7-26-18(25)16-12(2)22-17(28-16)13(3)23-19(20-4)21-11-14(24(5)6)15-9-8-10-27-15/h8-10,13-14H,7,11H2,1-6H3,(H2,20,21,23). The summed E-state index contributed by atoms with van der Waals surface area (Å²) in [5.74, 6) is 0.379. The van der Waals surface area contributed by atoms with Gasteiger partial charge in [0.2, 0.25) is 0 Å². The van der Waals surface area contributed by atoms with Crippen LogP contribution in [0.1, 0.15) is 51.2 Å². The second kappa shape index (κ2) is 10.5. The van der Waals surface area contributed by atoms with Gasteiger partial charge in [-0.25, -0.2) is 9.78 Å². The molecule has 0 amide bonds. The molecule has 2 rings (SSSR count). The first-order valence-corrected chi connectivity index (χ1v) is 10.9. The van der Waals surface area contributed by atoms with Crippen LogP contribution in [0, 0.1) is 6.92 Å². The fourth-order valence-electron chi connectivity index (χ4n) is 2.66. The first-order chi connectivity index (χ1) is 13.4. The Morgan fingerprint density at radius 1 is 1.43 bits per heavy atom.